The Bertz CT molecular complexity index is 139. The predicted molar refractivity (Wildman–Crippen MR) is 57.2 cm³/mol. The van der Waals surface area contributed by atoms with Crippen molar-refractivity contribution in [3.8, 4) is 0 Å². The first kappa shape index (κ1) is 12.0. The summed E-state index contributed by atoms with van der Waals surface area (Å²) in [6.45, 7) is 4.10. The van der Waals surface area contributed by atoms with E-state index >= 15 is 0 Å². The van der Waals surface area contributed by atoms with Crippen LogP contribution < -0.4 is 0 Å². The Morgan fingerprint density at radius 2 is 2.00 bits per heavy atom. The van der Waals surface area contributed by atoms with Crippen molar-refractivity contribution in [2.45, 2.75) is 32.1 Å². The van der Waals surface area contributed by atoms with Gasteiger partial charge >= 0.3 is 0 Å². The molecule has 0 aromatic rings. The van der Waals surface area contributed by atoms with E-state index < -0.39 is 0 Å². The fraction of sp³-hybridized carbons (Fsp3) is 1.00. The minimum Gasteiger partial charge on any atom is -0.396 e. The summed E-state index contributed by atoms with van der Waals surface area (Å²) < 4.78 is 0. The summed E-state index contributed by atoms with van der Waals surface area (Å²) in [5, 5.41) is 17.5. The molecule has 0 aromatic heterocycles. The first-order chi connectivity index (χ1) is 6.86. The molecule has 1 rings (SSSR count). The van der Waals surface area contributed by atoms with E-state index in [4.69, 9.17) is 10.2 Å². The molecular weight excluding hydrogens is 178 g/mol. The predicted octanol–water partition coefficient (Wildman–Crippen LogP) is 0.853. The van der Waals surface area contributed by atoms with Crippen LogP contribution in [0.1, 0.15) is 32.1 Å². The number of hydrogen-bond donors (Lipinski definition) is 2. The van der Waals surface area contributed by atoms with Crippen LogP contribution in [0.4, 0.5) is 0 Å². The van der Waals surface area contributed by atoms with Gasteiger partial charge in [-0.1, -0.05) is 0 Å². The van der Waals surface area contributed by atoms with Crippen molar-refractivity contribution in [1.29, 1.82) is 0 Å². The van der Waals surface area contributed by atoms with Gasteiger partial charge in [0.15, 0.2) is 0 Å². The van der Waals surface area contributed by atoms with Crippen LogP contribution in [0, 0.1) is 5.92 Å². The van der Waals surface area contributed by atoms with Crippen molar-refractivity contribution in [3.63, 3.8) is 0 Å². The van der Waals surface area contributed by atoms with Crippen LogP contribution in [0.3, 0.4) is 0 Å². The van der Waals surface area contributed by atoms with Gasteiger partial charge in [0.1, 0.15) is 0 Å². The van der Waals surface area contributed by atoms with E-state index in [9.17, 15) is 0 Å². The highest BCUT2D eigenvalue weighted by molar-refractivity contribution is 4.72. The van der Waals surface area contributed by atoms with Gasteiger partial charge in [0.25, 0.3) is 0 Å². The summed E-state index contributed by atoms with van der Waals surface area (Å²) in [5.74, 6) is 0.697. The molecule has 3 heteroatoms. The smallest absolute Gasteiger partial charge is 0.0434 e. The highest BCUT2D eigenvalue weighted by atomic mass is 16.3. The molecule has 1 aliphatic rings. The highest BCUT2D eigenvalue weighted by Gasteiger charge is 2.18. The zero-order valence-electron chi connectivity index (χ0n) is 8.99. The van der Waals surface area contributed by atoms with Crippen LogP contribution in [0.2, 0.25) is 0 Å². The first-order valence-electron chi connectivity index (χ1n) is 5.81. The van der Waals surface area contributed by atoms with Crippen LogP contribution in [-0.2, 0) is 0 Å². The molecule has 1 fully saturated rings. The van der Waals surface area contributed by atoms with Gasteiger partial charge in [-0.15, -0.1) is 0 Å². The van der Waals surface area contributed by atoms with Gasteiger partial charge in [-0.25, -0.2) is 0 Å². The Morgan fingerprint density at radius 1 is 1.14 bits per heavy atom. The molecule has 0 aliphatic carbocycles. The summed E-state index contributed by atoms with van der Waals surface area (Å²) in [7, 11) is 0. The number of aliphatic hydroxyl groups is 2. The second-order valence-corrected chi connectivity index (χ2v) is 4.25. The van der Waals surface area contributed by atoms with Crippen LogP contribution in [0.15, 0.2) is 0 Å². The van der Waals surface area contributed by atoms with Gasteiger partial charge in [-0.3, -0.25) is 0 Å². The summed E-state index contributed by atoms with van der Waals surface area (Å²) in [4.78, 5) is 2.47. The monoisotopic (exact) mass is 201 g/mol. The minimum absolute atomic E-state index is 0.313. The van der Waals surface area contributed by atoms with E-state index in [1.165, 1.54) is 19.4 Å². The molecule has 0 amide bonds. The van der Waals surface area contributed by atoms with E-state index in [2.05, 4.69) is 4.90 Å². The molecule has 2 N–H and O–H groups in total. The maximum atomic E-state index is 8.87. The summed E-state index contributed by atoms with van der Waals surface area (Å²) >= 11 is 0. The largest absolute Gasteiger partial charge is 0.396 e. The van der Waals surface area contributed by atoms with Gasteiger partial charge in [-0.2, -0.15) is 0 Å². The third kappa shape index (κ3) is 4.40. The molecule has 1 aliphatic heterocycles. The number of hydrogen-bond acceptors (Lipinski definition) is 3. The molecular formula is C11H23NO2. The maximum absolute atomic E-state index is 8.87. The number of likely N-dealkylation sites (tertiary alicyclic amines) is 1. The molecule has 1 saturated heterocycles. The molecule has 0 spiro atoms. The molecule has 0 bridgehead atoms. The quantitative estimate of drug-likeness (QED) is 0.626. The Kier molecular flexibility index (Phi) is 6.15. The fourth-order valence-corrected chi connectivity index (χ4v) is 2.22. The van der Waals surface area contributed by atoms with E-state index in [0.29, 0.717) is 19.1 Å². The molecule has 84 valence electrons. The average Bonchev–Trinajstić information content (AvgIpc) is 2.19. The van der Waals surface area contributed by atoms with Crippen molar-refractivity contribution in [1.82, 2.24) is 4.90 Å². The molecule has 14 heavy (non-hydrogen) atoms. The van der Waals surface area contributed by atoms with Crippen LogP contribution in [0.25, 0.3) is 0 Å². The number of aliphatic hydroxyl groups excluding tert-OH is 2. The topological polar surface area (TPSA) is 43.7 Å². The normalized spacial score (nSPS) is 24.0. The lowest BCUT2D eigenvalue weighted by Crippen LogP contribution is -2.36. The number of unbranched alkanes of at least 4 members (excludes halogenated alkanes) is 1. The Labute approximate surface area is 86.7 Å². The lowest BCUT2D eigenvalue weighted by Gasteiger charge is -2.32. The van der Waals surface area contributed by atoms with Gasteiger partial charge in [0, 0.05) is 19.8 Å². The third-order valence-corrected chi connectivity index (χ3v) is 3.02. The maximum Gasteiger partial charge on any atom is 0.0434 e. The van der Waals surface area contributed by atoms with Crippen molar-refractivity contribution in [2.75, 3.05) is 32.8 Å². The van der Waals surface area contributed by atoms with Crippen LogP contribution in [-0.4, -0.2) is 48.0 Å². The number of rotatable bonds is 6. The second-order valence-electron chi connectivity index (χ2n) is 4.25. The lowest BCUT2D eigenvalue weighted by molar-refractivity contribution is 0.143. The second kappa shape index (κ2) is 7.21. The first-order valence-corrected chi connectivity index (χ1v) is 5.81. The summed E-state index contributed by atoms with van der Waals surface area (Å²) in [6, 6.07) is 0. The highest BCUT2D eigenvalue weighted by Crippen LogP contribution is 2.19. The summed E-state index contributed by atoms with van der Waals surface area (Å²) in [5.41, 5.74) is 0. The van der Waals surface area contributed by atoms with Gasteiger partial charge in [0.2, 0.25) is 0 Å². The van der Waals surface area contributed by atoms with Crippen molar-refractivity contribution < 1.29 is 10.2 Å². The van der Waals surface area contributed by atoms with Crippen LogP contribution in [0.5, 0.6) is 0 Å². The van der Waals surface area contributed by atoms with E-state index in [-0.39, 0.29) is 0 Å². The van der Waals surface area contributed by atoms with Crippen molar-refractivity contribution in [2.24, 2.45) is 5.92 Å². The van der Waals surface area contributed by atoms with E-state index in [1.54, 1.807) is 0 Å². The zero-order valence-corrected chi connectivity index (χ0v) is 8.99. The number of piperidine rings is 1. The van der Waals surface area contributed by atoms with Gasteiger partial charge in [0.05, 0.1) is 0 Å². The van der Waals surface area contributed by atoms with Gasteiger partial charge < -0.3 is 15.1 Å². The Hall–Kier alpha value is -0.120. The van der Waals surface area contributed by atoms with Gasteiger partial charge in [-0.05, 0) is 51.1 Å². The van der Waals surface area contributed by atoms with E-state index in [1.807, 2.05) is 0 Å². The standard InChI is InChI=1S/C11H23NO2/c13-8-2-1-6-12-7-3-4-11(10-12)5-9-14/h11,13-14H,1-10H2. The Balaban J connectivity index is 2.12. The molecule has 3 nitrogen and oxygen atoms in total. The average molecular weight is 201 g/mol. The molecule has 1 heterocycles. The molecule has 1 unspecified atom stereocenters. The van der Waals surface area contributed by atoms with Crippen molar-refractivity contribution in [3.05, 3.63) is 0 Å². The SMILES string of the molecule is OCCCCN1CCCC(CCO)C1. The third-order valence-electron chi connectivity index (χ3n) is 3.02. The van der Waals surface area contributed by atoms with E-state index in [0.717, 1.165) is 32.4 Å². The minimum atomic E-state index is 0.313. The molecule has 1 atom stereocenters. The number of nitrogens with zero attached hydrogens (tertiary/aromatic N) is 1. The van der Waals surface area contributed by atoms with Crippen LogP contribution >= 0.6 is 0 Å². The summed E-state index contributed by atoms with van der Waals surface area (Å²) in [6.07, 6.45) is 5.51. The molecule has 0 aromatic carbocycles. The van der Waals surface area contributed by atoms with Crippen molar-refractivity contribution >= 4 is 0 Å². The Morgan fingerprint density at radius 3 is 2.71 bits per heavy atom. The lowest BCUT2D eigenvalue weighted by atomic mass is 9.95. The zero-order chi connectivity index (χ0) is 10.2. The fourth-order valence-electron chi connectivity index (χ4n) is 2.22. The molecule has 0 radical (unpaired) electrons. The molecule has 0 saturated carbocycles.